The third-order valence-corrected chi connectivity index (χ3v) is 3.88. The lowest BCUT2D eigenvalue weighted by Crippen LogP contribution is -1.96. The van der Waals surface area contributed by atoms with Gasteiger partial charge in [-0.1, -0.05) is 35.3 Å². The molecule has 3 aromatic rings. The van der Waals surface area contributed by atoms with Gasteiger partial charge in [0.05, 0.1) is 18.7 Å². The second-order valence-electron chi connectivity index (χ2n) is 4.95. The maximum absolute atomic E-state index is 6.36. The molecule has 0 amide bonds. The van der Waals surface area contributed by atoms with Crippen LogP contribution < -0.4 is 9.47 Å². The van der Waals surface area contributed by atoms with E-state index in [0.29, 0.717) is 39.6 Å². The SMILES string of the molecule is CCOc1cc(/C=C(\Cl)c2nc3ccccc3o2)cc(Cl)c1OC. The molecule has 0 radical (unpaired) electrons. The van der Waals surface area contributed by atoms with Crippen LogP contribution in [0.5, 0.6) is 11.5 Å². The highest BCUT2D eigenvalue weighted by Gasteiger charge is 2.13. The Bertz CT molecular complexity index is 869. The minimum atomic E-state index is 0.350. The number of aromatic nitrogens is 1. The average Bonchev–Trinajstić information content (AvgIpc) is 2.99. The van der Waals surface area contributed by atoms with Crippen molar-refractivity contribution in [3.63, 3.8) is 0 Å². The zero-order valence-electron chi connectivity index (χ0n) is 13.2. The highest BCUT2D eigenvalue weighted by Crippen LogP contribution is 2.37. The van der Waals surface area contributed by atoms with Crippen LogP contribution in [0.15, 0.2) is 40.8 Å². The maximum atomic E-state index is 6.36. The highest BCUT2D eigenvalue weighted by atomic mass is 35.5. The lowest BCUT2D eigenvalue weighted by Gasteiger charge is -2.11. The molecule has 6 heteroatoms. The predicted molar refractivity (Wildman–Crippen MR) is 96.9 cm³/mol. The van der Waals surface area contributed by atoms with Crippen molar-refractivity contribution in [3.05, 3.63) is 52.9 Å². The number of methoxy groups -OCH3 is 1. The summed E-state index contributed by atoms with van der Waals surface area (Å²) in [5.41, 5.74) is 2.19. The topological polar surface area (TPSA) is 44.5 Å². The molecule has 0 aliphatic heterocycles. The van der Waals surface area contributed by atoms with E-state index in [-0.39, 0.29) is 0 Å². The van der Waals surface area contributed by atoms with E-state index in [9.17, 15) is 0 Å². The number of benzene rings is 2. The van der Waals surface area contributed by atoms with E-state index >= 15 is 0 Å². The molecule has 0 fully saturated rings. The number of hydrogen-bond acceptors (Lipinski definition) is 4. The molecule has 0 aliphatic rings. The van der Waals surface area contributed by atoms with E-state index < -0.39 is 0 Å². The van der Waals surface area contributed by atoms with Gasteiger partial charge in [-0.2, -0.15) is 0 Å². The van der Waals surface area contributed by atoms with Gasteiger partial charge in [0, 0.05) is 0 Å². The molecule has 0 bridgehead atoms. The Balaban J connectivity index is 2.00. The quantitative estimate of drug-likeness (QED) is 0.589. The molecule has 1 aromatic heterocycles. The molecule has 3 rings (SSSR count). The summed E-state index contributed by atoms with van der Waals surface area (Å²) < 4.78 is 16.5. The molecule has 2 aromatic carbocycles. The molecule has 4 nitrogen and oxygen atoms in total. The van der Waals surface area contributed by atoms with Crippen LogP contribution in [0.25, 0.3) is 22.2 Å². The van der Waals surface area contributed by atoms with Crippen molar-refractivity contribution in [3.8, 4) is 11.5 Å². The molecule has 24 heavy (non-hydrogen) atoms. The fraction of sp³-hybridized carbons (Fsp3) is 0.167. The van der Waals surface area contributed by atoms with Crippen LogP contribution >= 0.6 is 23.2 Å². The van der Waals surface area contributed by atoms with Gasteiger partial charge in [-0.05, 0) is 42.8 Å². The van der Waals surface area contributed by atoms with Gasteiger partial charge in [0.15, 0.2) is 17.1 Å². The van der Waals surface area contributed by atoms with Gasteiger partial charge < -0.3 is 13.9 Å². The first-order valence-corrected chi connectivity index (χ1v) is 8.11. The predicted octanol–water partition coefficient (Wildman–Crippen LogP) is 5.63. The number of ether oxygens (including phenoxy) is 2. The van der Waals surface area contributed by atoms with Crippen molar-refractivity contribution in [1.82, 2.24) is 4.98 Å². The molecule has 0 saturated carbocycles. The zero-order valence-corrected chi connectivity index (χ0v) is 14.7. The summed E-state index contributed by atoms with van der Waals surface area (Å²) in [5, 5.41) is 0.812. The number of halogens is 2. The van der Waals surface area contributed by atoms with Gasteiger partial charge in [-0.15, -0.1) is 0 Å². The Hall–Kier alpha value is -2.17. The number of hydrogen-bond donors (Lipinski definition) is 0. The monoisotopic (exact) mass is 363 g/mol. The summed E-state index contributed by atoms with van der Waals surface area (Å²) in [5.74, 6) is 1.40. The molecular formula is C18H15Cl2NO3. The van der Waals surface area contributed by atoms with Crippen LogP contribution in [0.2, 0.25) is 5.02 Å². The van der Waals surface area contributed by atoms with E-state index in [1.54, 1.807) is 25.3 Å². The second kappa shape index (κ2) is 7.16. The number of nitrogens with zero attached hydrogens (tertiary/aromatic N) is 1. The summed E-state index contributed by atoms with van der Waals surface area (Å²) in [6.45, 7) is 2.39. The van der Waals surface area contributed by atoms with Gasteiger partial charge in [0.25, 0.3) is 0 Å². The number of para-hydroxylation sites is 2. The summed E-state index contributed by atoms with van der Waals surface area (Å²) in [7, 11) is 1.55. The Kier molecular flexibility index (Phi) is 4.97. The molecule has 0 atom stereocenters. The van der Waals surface area contributed by atoms with Crippen molar-refractivity contribution in [2.45, 2.75) is 6.92 Å². The lowest BCUT2D eigenvalue weighted by molar-refractivity contribution is 0.311. The van der Waals surface area contributed by atoms with E-state index in [1.165, 1.54) is 0 Å². The minimum Gasteiger partial charge on any atom is -0.491 e. The number of rotatable bonds is 5. The van der Waals surface area contributed by atoms with Gasteiger partial charge in [0.1, 0.15) is 10.5 Å². The Labute approximate surface area is 149 Å². The molecule has 0 spiro atoms. The summed E-state index contributed by atoms with van der Waals surface area (Å²) in [6.07, 6.45) is 1.72. The van der Waals surface area contributed by atoms with Crippen LogP contribution in [0, 0.1) is 0 Å². The Morgan fingerprint density at radius 2 is 2.08 bits per heavy atom. The van der Waals surface area contributed by atoms with Crippen molar-refractivity contribution < 1.29 is 13.9 Å². The van der Waals surface area contributed by atoms with Gasteiger partial charge in [-0.25, -0.2) is 4.98 Å². The van der Waals surface area contributed by atoms with Gasteiger partial charge in [-0.3, -0.25) is 0 Å². The van der Waals surface area contributed by atoms with Crippen LogP contribution in [-0.2, 0) is 0 Å². The van der Waals surface area contributed by atoms with E-state index in [4.69, 9.17) is 37.1 Å². The summed E-state index contributed by atoms with van der Waals surface area (Å²) >= 11 is 12.6. The van der Waals surface area contributed by atoms with Crippen molar-refractivity contribution >= 4 is 45.4 Å². The third-order valence-electron chi connectivity index (χ3n) is 3.33. The van der Waals surface area contributed by atoms with Crippen molar-refractivity contribution in [2.75, 3.05) is 13.7 Å². The third kappa shape index (κ3) is 3.35. The van der Waals surface area contributed by atoms with Crippen molar-refractivity contribution in [1.29, 1.82) is 0 Å². The Morgan fingerprint density at radius 1 is 1.29 bits per heavy atom. The smallest absolute Gasteiger partial charge is 0.238 e. The van der Waals surface area contributed by atoms with E-state index in [2.05, 4.69) is 4.98 Å². The fourth-order valence-corrected chi connectivity index (χ4v) is 2.82. The van der Waals surface area contributed by atoms with E-state index in [0.717, 1.165) is 11.1 Å². The summed E-state index contributed by atoms with van der Waals surface area (Å²) in [4.78, 5) is 4.37. The van der Waals surface area contributed by atoms with Crippen LogP contribution in [0.1, 0.15) is 18.4 Å². The molecular weight excluding hydrogens is 349 g/mol. The first kappa shape index (κ1) is 16.7. The van der Waals surface area contributed by atoms with Crippen molar-refractivity contribution in [2.24, 2.45) is 0 Å². The van der Waals surface area contributed by atoms with Crippen LogP contribution in [0.3, 0.4) is 0 Å². The Morgan fingerprint density at radius 3 is 2.79 bits per heavy atom. The lowest BCUT2D eigenvalue weighted by atomic mass is 10.2. The van der Waals surface area contributed by atoms with E-state index in [1.807, 2.05) is 31.2 Å². The molecule has 0 unspecified atom stereocenters. The fourth-order valence-electron chi connectivity index (χ4n) is 2.31. The normalized spacial score (nSPS) is 11.8. The minimum absolute atomic E-state index is 0.350. The first-order chi connectivity index (χ1) is 11.6. The average molecular weight is 364 g/mol. The first-order valence-electron chi connectivity index (χ1n) is 7.36. The molecule has 0 N–H and O–H groups in total. The number of oxazole rings is 1. The van der Waals surface area contributed by atoms with Gasteiger partial charge in [0.2, 0.25) is 5.89 Å². The highest BCUT2D eigenvalue weighted by molar-refractivity contribution is 6.50. The zero-order chi connectivity index (χ0) is 17.1. The second-order valence-corrected chi connectivity index (χ2v) is 5.76. The molecule has 124 valence electrons. The van der Waals surface area contributed by atoms with Crippen LogP contribution in [-0.4, -0.2) is 18.7 Å². The van der Waals surface area contributed by atoms with Gasteiger partial charge >= 0.3 is 0 Å². The largest absolute Gasteiger partial charge is 0.491 e. The standard InChI is InChI=1S/C18H15Cl2NO3/c1-3-23-16-10-11(8-12(19)17(16)22-2)9-13(20)18-21-14-6-4-5-7-15(14)24-18/h4-10H,3H2,1-2H3/b13-9-. The van der Waals surface area contributed by atoms with Crippen LogP contribution in [0.4, 0.5) is 0 Å². The molecule has 0 saturated heterocycles. The molecule has 1 heterocycles. The summed E-state index contributed by atoms with van der Waals surface area (Å²) in [6, 6.07) is 11.0. The maximum Gasteiger partial charge on any atom is 0.238 e. The molecule has 0 aliphatic carbocycles. The number of fused-ring (bicyclic) bond motifs is 1.